The van der Waals surface area contributed by atoms with Crippen molar-refractivity contribution in [2.45, 2.75) is 58.0 Å². The maximum atomic E-state index is 13.1. The number of carbonyl (C=O) groups excluding carboxylic acids is 1. The lowest BCUT2D eigenvalue weighted by Crippen LogP contribution is -2.53. The van der Waals surface area contributed by atoms with Gasteiger partial charge in [0.15, 0.2) is 0 Å². The number of nitrogens with two attached hydrogens (primary N) is 1. The van der Waals surface area contributed by atoms with Crippen LogP contribution in [0.5, 0.6) is 0 Å². The second-order valence-electron chi connectivity index (χ2n) is 8.38. The molecule has 1 aromatic heterocycles. The molecule has 3 aliphatic rings. The molecule has 2 N–H and O–H groups in total. The summed E-state index contributed by atoms with van der Waals surface area (Å²) in [6.07, 6.45) is 6.81. The highest BCUT2D eigenvalue weighted by atomic mass is 32.1. The number of fused-ring (bicyclic) bond motifs is 2. The first-order valence-electron chi connectivity index (χ1n) is 10.3. The number of nitrogens with zero attached hydrogens (tertiary/aromatic N) is 3. The largest absolute Gasteiger partial charge is 0.340 e. The van der Waals surface area contributed by atoms with E-state index in [2.05, 4.69) is 27.1 Å². The van der Waals surface area contributed by atoms with Crippen LogP contribution in [0, 0.1) is 17.8 Å². The van der Waals surface area contributed by atoms with E-state index < -0.39 is 0 Å². The predicted octanol–water partition coefficient (Wildman–Crippen LogP) is 2.50. The number of aryl methyl sites for hydroxylation is 1. The molecule has 2 bridgehead atoms. The van der Waals surface area contributed by atoms with Crippen molar-refractivity contribution in [3.8, 4) is 0 Å². The van der Waals surface area contributed by atoms with E-state index in [4.69, 9.17) is 5.73 Å². The topological polar surface area (TPSA) is 62.5 Å². The Hall–Kier alpha value is -0.980. The Bertz CT molecular complexity index is 611. The Balaban J connectivity index is 1.28. The fourth-order valence-corrected chi connectivity index (χ4v) is 5.92. The van der Waals surface area contributed by atoms with Crippen molar-refractivity contribution in [3.63, 3.8) is 0 Å². The van der Waals surface area contributed by atoms with Crippen LogP contribution >= 0.6 is 11.3 Å². The number of amides is 1. The van der Waals surface area contributed by atoms with Gasteiger partial charge >= 0.3 is 0 Å². The van der Waals surface area contributed by atoms with Crippen LogP contribution in [0.15, 0.2) is 5.38 Å². The molecule has 1 saturated heterocycles. The number of hydrogen-bond donors (Lipinski definition) is 1. The van der Waals surface area contributed by atoms with Crippen LogP contribution < -0.4 is 5.73 Å². The summed E-state index contributed by atoms with van der Waals surface area (Å²) in [6.45, 7) is 6.72. The summed E-state index contributed by atoms with van der Waals surface area (Å²) in [6, 6.07) is 0.343. The van der Waals surface area contributed by atoms with Crippen LogP contribution in [0.4, 0.5) is 0 Å². The maximum Gasteiger partial charge on any atom is 0.225 e. The summed E-state index contributed by atoms with van der Waals surface area (Å²) in [5.41, 5.74) is 7.57. The number of rotatable bonds is 4. The van der Waals surface area contributed by atoms with Crippen LogP contribution in [0.25, 0.3) is 0 Å². The van der Waals surface area contributed by atoms with Gasteiger partial charge in [0.2, 0.25) is 5.91 Å². The molecule has 1 amide bonds. The lowest BCUT2D eigenvalue weighted by molar-refractivity contribution is -0.140. The van der Waals surface area contributed by atoms with Gasteiger partial charge < -0.3 is 10.6 Å². The van der Waals surface area contributed by atoms with Crippen molar-refractivity contribution >= 4 is 17.2 Å². The lowest BCUT2D eigenvalue weighted by atomic mass is 9.65. The summed E-state index contributed by atoms with van der Waals surface area (Å²) in [4.78, 5) is 22.3. The zero-order chi connectivity index (χ0) is 18.1. The van der Waals surface area contributed by atoms with Gasteiger partial charge in [0.05, 0.1) is 10.7 Å². The number of carbonyl (C=O) groups is 1. The summed E-state index contributed by atoms with van der Waals surface area (Å²) < 4.78 is 0. The van der Waals surface area contributed by atoms with Crippen molar-refractivity contribution in [1.29, 1.82) is 0 Å². The zero-order valence-corrected chi connectivity index (χ0v) is 16.7. The second kappa shape index (κ2) is 7.95. The highest BCUT2D eigenvalue weighted by Crippen LogP contribution is 2.42. The minimum Gasteiger partial charge on any atom is -0.340 e. The minimum absolute atomic E-state index is 0.224. The highest BCUT2D eigenvalue weighted by Gasteiger charge is 2.41. The summed E-state index contributed by atoms with van der Waals surface area (Å²) in [7, 11) is 0. The van der Waals surface area contributed by atoms with Crippen molar-refractivity contribution in [1.82, 2.24) is 14.8 Å². The molecule has 3 fully saturated rings. The van der Waals surface area contributed by atoms with Crippen molar-refractivity contribution in [2.75, 3.05) is 26.2 Å². The summed E-state index contributed by atoms with van der Waals surface area (Å²) >= 11 is 1.76. The van der Waals surface area contributed by atoms with Gasteiger partial charge in [-0.1, -0.05) is 13.3 Å². The first kappa shape index (κ1) is 18.4. The molecule has 2 unspecified atom stereocenters. The first-order chi connectivity index (χ1) is 12.6. The third-order valence-electron chi connectivity index (χ3n) is 6.73. The lowest BCUT2D eigenvalue weighted by Gasteiger charge is -2.45. The molecule has 144 valence electrons. The summed E-state index contributed by atoms with van der Waals surface area (Å²) in [5, 5.41) is 3.40. The van der Waals surface area contributed by atoms with Gasteiger partial charge in [0.25, 0.3) is 0 Å². The smallest absolute Gasteiger partial charge is 0.225 e. The van der Waals surface area contributed by atoms with E-state index in [1.165, 1.54) is 30.0 Å². The molecule has 1 aliphatic heterocycles. The maximum absolute atomic E-state index is 13.1. The van der Waals surface area contributed by atoms with Crippen molar-refractivity contribution < 1.29 is 4.79 Å². The fraction of sp³-hybridized carbons (Fsp3) is 0.800. The molecule has 2 heterocycles. The zero-order valence-electron chi connectivity index (χ0n) is 15.9. The second-order valence-corrected chi connectivity index (χ2v) is 9.33. The molecule has 0 aromatic carbocycles. The third kappa shape index (κ3) is 3.82. The van der Waals surface area contributed by atoms with Gasteiger partial charge in [-0.3, -0.25) is 9.69 Å². The van der Waals surface area contributed by atoms with E-state index in [-0.39, 0.29) is 5.92 Å². The molecule has 2 aliphatic carbocycles. The molecule has 4 rings (SSSR count). The Morgan fingerprint density at radius 2 is 1.92 bits per heavy atom. The van der Waals surface area contributed by atoms with Gasteiger partial charge in [-0.25, -0.2) is 4.98 Å². The van der Waals surface area contributed by atoms with Crippen LogP contribution in [0.1, 0.15) is 49.7 Å². The van der Waals surface area contributed by atoms with Gasteiger partial charge in [0, 0.05) is 50.1 Å². The minimum atomic E-state index is 0.224. The van der Waals surface area contributed by atoms with Gasteiger partial charge in [-0.05, 0) is 43.9 Å². The average Bonchev–Trinajstić information content (AvgIpc) is 3.09. The van der Waals surface area contributed by atoms with E-state index in [0.29, 0.717) is 23.8 Å². The van der Waals surface area contributed by atoms with Crippen LogP contribution in [-0.2, 0) is 17.8 Å². The Kier molecular flexibility index (Phi) is 5.62. The molecular weight excluding hydrogens is 344 g/mol. The van der Waals surface area contributed by atoms with E-state index in [1.54, 1.807) is 11.3 Å². The Morgan fingerprint density at radius 1 is 1.23 bits per heavy atom. The van der Waals surface area contributed by atoms with E-state index in [0.717, 1.165) is 52.0 Å². The molecule has 6 heteroatoms. The van der Waals surface area contributed by atoms with Crippen molar-refractivity contribution in [2.24, 2.45) is 23.5 Å². The van der Waals surface area contributed by atoms with Crippen LogP contribution in [0.2, 0.25) is 0 Å². The number of piperazine rings is 1. The number of thiazole rings is 1. The molecule has 2 saturated carbocycles. The van der Waals surface area contributed by atoms with E-state index in [9.17, 15) is 4.79 Å². The quantitative estimate of drug-likeness (QED) is 0.877. The SMILES string of the molecule is CCc1nc(CN2CCN(C(=O)C3CC4CCCC(C3)C4N)CC2)cs1. The highest BCUT2D eigenvalue weighted by molar-refractivity contribution is 7.09. The standard InChI is InChI=1S/C20H32N4OS/c1-2-18-22-17(13-26-18)12-23-6-8-24(9-7-23)20(25)16-10-14-4-3-5-15(11-16)19(14)21/h13-16,19H,2-12,21H2,1H3. The van der Waals surface area contributed by atoms with Gasteiger partial charge in [0.1, 0.15) is 0 Å². The third-order valence-corrected chi connectivity index (χ3v) is 7.78. The molecule has 0 radical (unpaired) electrons. The van der Waals surface area contributed by atoms with Crippen LogP contribution in [-0.4, -0.2) is 52.9 Å². The normalized spacial score (nSPS) is 32.6. The molecule has 1 aromatic rings. The monoisotopic (exact) mass is 376 g/mol. The number of hydrogen-bond acceptors (Lipinski definition) is 5. The molecular formula is C20H32N4OS. The van der Waals surface area contributed by atoms with Crippen LogP contribution in [0.3, 0.4) is 0 Å². The Labute approximate surface area is 160 Å². The van der Waals surface area contributed by atoms with Gasteiger partial charge in [-0.2, -0.15) is 0 Å². The van der Waals surface area contributed by atoms with E-state index >= 15 is 0 Å². The molecule has 2 atom stereocenters. The fourth-order valence-electron chi connectivity index (χ4n) is 5.19. The van der Waals surface area contributed by atoms with E-state index in [1.807, 2.05) is 0 Å². The number of aromatic nitrogens is 1. The van der Waals surface area contributed by atoms with Gasteiger partial charge in [-0.15, -0.1) is 11.3 Å². The first-order valence-corrected chi connectivity index (χ1v) is 11.2. The molecule has 0 spiro atoms. The molecule has 26 heavy (non-hydrogen) atoms. The Morgan fingerprint density at radius 3 is 2.54 bits per heavy atom. The van der Waals surface area contributed by atoms with Crippen molar-refractivity contribution in [3.05, 3.63) is 16.1 Å². The summed E-state index contributed by atoms with van der Waals surface area (Å²) in [5.74, 6) is 1.78. The predicted molar refractivity (Wildman–Crippen MR) is 105 cm³/mol. The average molecular weight is 377 g/mol. The molecule has 5 nitrogen and oxygen atoms in total.